The topological polar surface area (TPSA) is 50.2 Å². The number of hydrogen-bond donors (Lipinski definition) is 1. The van der Waals surface area contributed by atoms with Crippen molar-refractivity contribution in [2.24, 2.45) is 5.92 Å². The number of imidazole rings is 1. The quantitative estimate of drug-likeness (QED) is 0.837. The zero-order chi connectivity index (χ0) is 13.5. The third kappa shape index (κ3) is 5.03. The number of hydrogen-bond acceptors (Lipinski definition) is 3. The second-order valence-corrected chi connectivity index (χ2v) is 5.46. The Morgan fingerprint density at radius 2 is 2.42 bits per heavy atom. The average Bonchev–Trinajstić information content (AvgIpc) is 2.90. The van der Waals surface area contributed by atoms with E-state index in [1.165, 1.54) is 19.4 Å². The average molecular weight is 264 g/mol. The van der Waals surface area contributed by atoms with Gasteiger partial charge in [0, 0.05) is 38.4 Å². The summed E-state index contributed by atoms with van der Waals surface area (Å²) < 4.78 is 1.97. The van der Waals surface area contributed by atoms with Gasteiger partial charge < -0.3 is 14.8 Å². The molecule has 1 saturated heterocycles. The number of carbonyl (C=O) groups excluding carboxylic acids is 1. The van der Waals surface area contributed by atoms with Crippen LogP contribution in [-0.4, -0.2) is 47.0 Å². The first kappa shape index (κ1) is 14.1. The molecule has 0 radical (unpaired) electrons. The summed E-state index contributed by atoms with van der Waals surface area (Å²) in [5, 5.41) is 2.97. The lowest BCUT2D eigenvalue weighted by Gasteiger charge is -2.29. The number of aromatic nitrogens is 2. The van der Waals surface area contributed by atoms with Gasteiger partial charge in [-0.2, -0.15) is 0 Å². The molecule has 1 atom stereocenters. The maximum atomic E-state index is 11.7. The summed E-state index contributed by atoms with van der Waals surface area (Å²) in [5.74, 6) is 0.867. The van der Waals surface area contributed by atoms with Gasteiger partial charge in [0.1, 0.15) is 0 Å². The fraction of sp³-hybridized carbons (Fsp3) is 0.714. The van der Waals surface area contributed by atoms with Crippen molar-refractivity contribution in [1.82, 2.24) is 19.8 Å². The fourth-order valence-corrected chi connectivity index (χ4v) is 2.68. The number of piperidine rings is 1. The molecule has 0 aromatic carbocycles. The van der Waals surface area contributed by atoms with Crippen LogP contribution < -0.4 is 5.32 Å². The van der Waals surface area contributed by atoms with E-state index in [9.17, 15) is 4.79 Å². The maximum Gasteiger partial charge on any atom is 0.220 e. The second kappa shape index (κ2) is 7.28. The third-order valence-electron chi connectivity index (χ3n) is 3.75. The number of rotatable bonds is 6. The predicted octanol–water partition coefficient (Wildman–Crippen LogP) is 1.12. The van der Waals surface area contributed by atoms with Crippen molar-refractivity contribution in [3.8, 4) is 0 Å². The Hall–Kier alpha value is -1.36. The van der Waals surface area contributed by atoms with Crippen molar-refractivity contribution in [3.05, 3.63) is 18.7 Å². The molecule has 0 unspecified atom stereocenters. The van der Waals surface area contributed by atoms with Crippen LogP contribution in [0.25, 0.3) is 0 Å². The molecule has 0 bridgehead atoms. The molecule has 1 amide bonds. The van der Waals surface area contributed by atoms with E-state index < -0.39 is 0 Å². The summed E-state index contributed by atoms with van der Waals surface area (Å²) in [7, 11) is 2.16. The molecule has 1 N–H and O–H groups in total. The van der Waals surface area contributed by atoms with Gasteiger partial charge in [-0.3, -0.25) is 4.79 Å². The highest BCUT2D eigenvalue weighted by atomic mass is 16.1. The molecule has 19 heavy (non-hydrogen) atoms. The Kier molecular flexibility index (Phi) is 5.39. The molecule has 1 aromatic rings. The highest BCUT2D eigenvalue weighted by Crippen LogP contribution is 2.19. The van der Waals surface area contributed by atoms with Crippen LogP contribution >= 0.6 is 0 Å². The minimum Gasteiger partial charge on any atom is -0.354 e. The number of amides is 1. The highest BCUT2D eigenvalue weighted by molar-refractivity contribution is 5.75. The summed E-state index contributed by atoms with van der Waals surface area (Å²) in [6, 6.07) is 0. The number of carbonyl (C=O) groups is 1. The monoisotopic (exact) mass is 264 g/mol. The standard InChI is InChI=1S/C14H24N4O/c1-17-8-2-3-13(11-17)4-5-14(19)16-7-10-18-9-6-15-12-18/h6,9,12-13H,2-5,7-8,10-11H2,1H3,(H,16,19)/t13-/m1/s1. The van der Waals surface area contributed by atoms with Gasteiger partial charge in [0.2, 0.25) is 5.91 Å². The van der Waals surface area contributed by atoms with Crippen LogP contribution in [0.2, 0.25) is 0 Å². The minimum absolute atomic E-state index is 0.174. The van der Waals surface area contributed by atoms with Crippen molar-refractivity contribution >= 4 is 5.91 Å². The van der Waals surface area contributed by atoms with Gasteiger partial charge in [-0.25, -0.2) is 4.98 Å². The Labute approximate surface area is 115 Å². The van der Waals surface area contributed by atoms with Gasteiger partial charge in [-0.05, 0) is 38.8 Å². The Balaban J connectivity index is 1.56. The van der Waals surface area contributed by atoms with Gasteiger partial charge >= 0.3 is 0 Å². The second-order valence-electron chi connectivity index (χ2n) is 5.46. The molecule has 0 saturated carbocycles. The van der Waals surface area contributed by atoms with Crippen molar-refractivity contribution in [2.45, 2.75) is 32.2 Å². The van der Waals surface area contributed by atoms with Crippen LogP contribution in [0.5, 0.6) is 0 Å². The Morgan fingerprint density at radius 1 is 1.53 bits per heavy atom. The summed E-state index contributed by atoms with van der Waals surface area (Å²) in [6.07, 6.45) is 9.63. The number of nitrogens with one attached hydrogen (secondary N) is 1. The van der Waals surface area contributed by atoms with Crippen LogP contribution in [0, 0.1) is 5.92 Å². The Bertz CT molecular complexity index is 377. The van der Waals surface area contributed by atoms with E-state index in [1.807, 2.05) is 10.8 Å². The van der Waals surface area contributed by atoms with Gasteiger partial charge in [-0.15, -0.1) is 0 Å². The van der Waals surface area contributed by atoms with E-state index in [-0.39, 0.29) is 5.91 Å². The summed E-state index contributed by atoms with van der Waals surface area (Å²) in [6.45, 7) is 3.81. The number of likely N-dealkylation sites (tertiary alicyclic amines) is 1. The fourth-order valence-electron chi connectivity index (χ4n) is 2.68. The van der Waals surface area contributed by atoms with Gasteiger partial charge in [0.05, 0.1) is 6.33 Å². The van der Waals surface area contributed by atoms with Crippen LogP contribution in [0.1, 0.15) is 25.7 Å². The van der Waals surface area contributed by atoms with Crippen LogP contribution in [-0.2, 0) is 11.3 Å². The molecule has 2 rings (SSSR count). The molecule has 106 valence electrons. The van der Waals surface area contributed by atoms with Crippen LogP contribution in [0.3, 0.4) is 0 Å². The first-order valence-electron chi connectivity index (χ1n) is 7.15. The van der Waals surface area contributed by atoms with Gasteiger partial charge in [0.15, 0.2) is 0 Å². The molecule has 1 aliphatic rings. The van der Waals surface area contributed by atoms with E-state index in [2.05, 4.69) is 22.2 Å². The van der Waals surface area contributed by atoms with Crippen molar-refractivity contribution in [3.63, 3.8) is 0 Å². The molecule has 2 heterocycles. The van der Waals surface area contributed by atoms with E-state index in [0.717, 1.165) is 19.5 Å². The molecular formula is C14H24N4O. The van der Waals surface area contributed by atoms with Crippen molar-refractivity contribution < 1.29 is 4.79 Å². The van der Waals surface area contributed by atoms with Crippen molar-refractivity contribution in [1.29, 1.82) is 0 Å². The summed E-state index contributed by atoms with van der Waals surface area (Å²) in [4.78, 5) is 18.1. The lowest BCUT2D eigenvalue weighted by molar-refractivity contribution is -0.121. The van der Waals surface area contributed by atoms with Gasteiger partial charge in [0.25, 0.3) is 0 Å². The molecule has 5 nitrogen and oxygen atoms in total. The minimum atomic E-state index is 0.174. The molecule has 1 aromatic heterocycles. The SMILES string of the molecule is CN1CCC[C@H](CCC(=O)NCCn2ccnc2)C1. The van der Waals surface area contributed by atoms with E-state index in [0.29, 0.717) is 18.9 Å². The zero-order valence-electron chi connectivity index (χ0n) is 11.7. The first-order valence-corrected chi connectivity index (χ1v) is 7.15. The molecular weight excluding hydrogens is 240 g/mol. The van der Waals surface area contributed by atoms with E-state index in [1.54, 1.807) is 12.5 Å². The lowest BCUT2D eigenvalue weighted by Crippen LogP contribution is -2.33. The van der Waals surface area contributed by atoms with Crippen molar-refractivity contribution in [2.75, 3.05) is 26.7 Å². The lowest BCUT2D eigenvalue weighted by atomic mass is 9.93. The first-order chi connectivity index (χ1) is 9.24. The number of nitrogens with zero attached hydrogens (tertiary/aromatic N) is 3. The van der Waals surface area contributed by atoms with Crippen LogP contribution in [0.15, 0.2) is 18.7 Å². The Morgan fingerprint density at radius 3 is 3.16 bits per heavy atom. The predicted molar refractivity (Wildman–Crippen MR) is 74.7 cm³/mol. The highest BCUT2D eigenvalue weighted by Gasteiger charge is 2.17. The molecule has 5 heteroatoms. The molecule has 1 aliphatic heterocycles. The molecule has 1 fully saturated rings. The largest absolute Gasteiger partial charge is 0.354 e. The van der Waals surface area contributed by atoms with Crippen LogP contribution in [0.4, 0.5) is 0 Å². The normalized spacial score (nSPS) is 20.4. The van der Waals surface area contributed by atoms with Gasteiger partial charge in [-0.1, -0.05) is 0 Å². The molecule has 0 aliphatic carbocycles. The summed E-state index contributed by atoms with van der Waals surface area (Å²) in [5.41, 5.74) is 0. The smallest absolute Gasteiger partial charge is 0.220 e. The summed E-state index contributed by atoms with van der Waals surface area (Å²) >= 11 is 0. The zero-order valence-corrected chi connectivity index (χ0v) is 11.7. The third-order valence-corrected chi connectivity index (χ3v) is 3.75. The molecule has 0 spiro atoms. The van der Waals surface area contributed by atoms with E-state index >= 15 is 0 Å². The maximum absolute atomic E-state index is 11.7. The van der Waals surface area contributed by atoms with E-state index in [4.69, 9.17) is 0 Å².